The Kier molecular flexibility index (Phi) is 8.46. The van der Waals surface area contributed by atoms with Crippen LogP contribution in [-0.2, 0) is 29.1 Å². The summed E-state index contributed by atoms with van der Waals surface area (Å²) in [6.45, 7) is 3.36. The van der Waals surface area contributed by atoms with E-state index < -0.39 is 0 Å². The maximum absolute atomic E-state index is 12.8. The number of nitrogens with one attached hydrogen (secondary N) is 1. The normalized spacial score (nSPS) is 10.8. The van der Waals surface area contributed by atoms with Crippen LogP contribution in [0.5, 0.6) is 0 Å². The Balaban J connectivity index is 1.59. The van der Waals surface area contributed by atoms with E-state index >= 15 is 0 Å². The predicted octanol–water partition coefficient (Wildman–Crippen LogP) is 6.16. The van der Waals surface area contributed by atoms with Gasteiger partial charge in [-0.05, 0) is 41.4 Å². The van der Waals surface area contributed by atoms with E-state index in [0.717, 1.165) is 34.0 Å². The lowest BCUT2D eigenvalue weighted by Gasteiger charge is -2.21. The number of hydrogen-bond donors (Lipinski definition) is 1. The first kappa shape index (κ1) is 21.7. The molecule has 0 spiro atoms. The SMILES string of the molecule is CCCCCC(=O)N(Cc1cccs1)Cc1ccc(NC(=O)Cc2cccs2)s1. The third-order valence-electron chi connectivity index (χ3n) is 4.46. The molecule has 4 nitrogen and oxygen atoms in total. The van der Waals surface area contributed by atoms with E-state index in [-0.39, 0.29) is 11.8 Å². The molecule has 3 heterocycles. The second kappa shape index (κ2) is 11.3. The molecule has 0 aliphatic carbocycles. The summed E-state index contributed by atoms with van der Waals surface area (Å²) in [6.07, 6.45) is 4.11. The zero-order chi connectivity index (χ0) is 20.5. The van der Waals surface area contributed by atoms with Gasteiger partial charge in [0, 0.05) is 21.1 Å². The molecule has 2 amide bonds. The molecule has 0 aromatic carbocycles. The fourth-order valence-corrected chi connectivity index (χ4v) is 5.34. The molecule has 0 atom stereocenters. The van der Waals surface area contributed by atoms with Gasteiger partial charge in [0.25, 0.3) is 0 Å². The molecule has 0 unspecified atom stereocenters. The van der Waals surface area contributed by atoms with E-state index in [2.05, 4.69) is 18.3 Å². The Morgan fingerprint density at radius 3 is 2.34 bits per heavy atom. The van der Waals surface area contributed by atoms with Gasteiger partial charge in [-0.25, -0.2) is 0 Å². The highest BCUT2D eigenvalue weighted by atomic mass is 32.1. The highest BCUT2D eigenvalue weighted by Crippen LogP contribution is 2.25. The first-order valence-electron chi connectivity index (χ1n) is 9.85. The quantitative estimate of drug-likeness (QED) is 0.359. The monoisotopic (exact) mass is 446 g/mol. The Morgan fingerprint density at radius 2 is 1.66 bits per heavy atom. The molecule has 1 N–H and O–H groups in total. The molecule has 0 saturated heterocycles. The van der Waals surface area contributed by atoms with Crippen LogP contribution in [0, 0.1) is 0 Å². The molecule has 29 heavy (non-hydrogen) atoms. The molecule has 0 fully saturated rings. The Morgan fingerprint density at radius 1 is 0.931 bits per heavy atom. The van der Waals surface area contributed by atoms with Gasteiger partial charge >= 0.3 is 0 Å². The van der Waals surface area contributed by atoms with Crippen LogP contribution in [-0.4, -0.2) is 16.7 Å². The lowest BCUT2D eigenvalue weighted by Crippen LogP contribution is -2.29. The van der Waals surface area contributed by atoms with Gasteiger partial charge in [-0.3, -0.25) is 9.59 Å². The topological polar surface area (TPSA) is 49.4 Å². The molecular weight excluding hydrogens is 420 g/mol. The van der Waals surface area contributed by atoms with Crippen LogP contribution in [0.25, 0.3) is 0 Å². The van der Waals surface area contributed by atoms with E-state index in [1.165, 1.54) is 4.88 Å². The molecule has 0 saturated carbocycles. The molecule has 154 valence electrons. The van der Waals surface area contributed by atoms with Gasteiger partial charge in [0.15, 0.2) is 0 Å². The van der Waals surface area contributed by atoms with Crippen LogP contribution < -0.4 is 5.32 Å². The molecule has 3 rings (SSSR count). The predicted molar refractivity (Wildman–Crippen MR) is 124 cm³/mol. The summed E-state index contributed by atoms with van der Waals surface area (Å²) in [5.74, 6) is 0.190. The van der Waals surface area contributed by atoms with Crippen LogP contribution >= 0.6 is 34.0 Å². The third-order valence-corrected chi connectivity index (χ3v) is 7.18. The Hall–Kier alpha value is -1.96. The van der Waals surface area contributed by atoms with Gasteiger partial charge in [-0.1, -0.05) is 31.9 Å². The first-order valence-corrected chi connectivity index (χ1v) is 12.4. The number of nitrogens with zero attached hydrogens (tertiary/aromatic N) is 1. The van der Waals surface area contributed by atoms with Gasteiger partial charge in [-0.2, -0.15) is 0 Å². The van der Waals surface area contributed by atoms with Crippen molar-refractivity contribution in [2.45, 2.75) is 52.1 Å². The highest BCUT2D eigenvalue weighted by molar-refractivity contribution is 7.16. The number of carbonyl (C=O) groups is 2. The lowest BCUT2D eigenvalue weighted by molar-refractivity contribution is -0.132. The summed E-state index contributed by atoms with van der Waals surface area (Å²) in [6, 6.07) is 11.9. The van der Waals surface area contributed by atoms with E-state index in [4.69, 9.17) is 0 Å². The summed E-state index contributed by atoms with van der Waals surface area (Å²) >= 11 is 4.81. The Bertz CT molecular complexity index is 885. The van der Waals surface area contributed by atoms with E-state index in [9.17, 15) is 9.59 Å². The minimum Gasteiger partial charge on any atom is -0.332 e. The van der Waals surface area contributed by atoms with Crippen molar-refractivity contribution in [2.24, 2.45) is 0 Å². The van der Waals surface area contributed by atoms with Crippen molar-refractivity contribution in [3.05, 3.63) is 61.8 Å². The second-order valence-electron chi connectivity index (χ2n) is 6.86. The zero-order valence-electron chi connectivity index (χ0n) is 16.6. The van der Waals surface area contributed by atoms with E-state index in [1.807, 2.05) is 46.0 Å². The minimum absolute atomic E-state index is 0.00747. The summed E-state index contributed by atoms with van der Waals surface area (Å²) in [4.78, 5) is 30.3. The van der Waals surface area contributed by atoms with E-state index in [1.54, 1.807) is 34.0 Å². The average molecular weight is 447 g/mol. The van der Waals surface area contributed by atoms with Crippen LogP contribution in [0.4, 0.5) is 5.00 Å². The molecule has 3 aromatic heterocycles. The summed E-state index contributed by atoms with van der Waals surface area (Å²) in [5, 5.41) is 7.83. The average Bonchev–Trinajstić information content (AvgIpc) is 3.45. The van der Waals surface area contributed by atoms with Crippen LogP contribution in [0.2, 0.25) is 0 Å². The van der Waals surface area contributed by atoms with Crippen LogP contribution in [0.15, 0.2) is 47.2 Å². The summed E-state index contributed by atoms with van der Waals surface area (Å²) in [5.41, 5.74) is 0. The van der Waals surface area contributed by atoms with Crippen molar-refractivity contribution < 1.29 is 9.59 Å². The number of rotatable bonds is 11. The van der Waals surface area contributed by atoms with Crippen molar-refractivity contribution >= 4 is 50.8 Å². The smallest absolute Gasteiger partial charge is 0.230 e. The van der Waals surface area contributed by atoms with Crippen molar-refractivity contribution in [3.8, 4) is 0 Å². The lowest BCUT2D eigenvalue weighted by atomic mass is 10.2. The molecule has 7 heteroatoms. The summed E-state index contributed by atoms with van der Waals surface area (Å²) < 4.78 is 0. The maximum atomic E-state index is 12.8. The molecule has 3 aromatic rings. The third kappa shape index (κ3) is 7.10. The molecule has 0 bridgehead atoms. The minimum atomic E-state index is -0.00747. The molecule has 0 aliphatic rings. The van der Waals surface area contributed by atoms with Gasteiger partial charge in [0.1, 0.15) is 0 Å². The number of carbonyl (C=O) groups excluding carboxylic acids is 2. The second-order valence-corrected chi connectivity index (χ2v) is 10.1. The molecular formula is C22H26N2O2S3. The van der Waals surface area contributed by atoms with Gasteiger partial charge in [0.05, 0.1) is 24.5 Å². The number of anilines is 1. The van der Waals surface area contributed by atoms with Crippen molar-refractivity contribution in [1.82, 2.24) is 4.90 Å². The zero-order valence-corrected chi connectivity index (χ0v) is 19.0. The summed E-state index contributed by atoms with van der Waals surface area (Å²) in [7, 11) is 0. The number of unbranched alkanes of at least 4 members (excludes halogenated alkanes) is 2. The fraction of sp³-hybridized carbons (Fsp3) is 0.364. The number of thiophene rings is 3. The fourth-order valence-electron chi connectivity index (χ4n) is 2.98. The maximum Gasteiger partial charge on any atom is 0.230 e. The first-order chi connectivity index (χ1) is 14.1. The molecule has 0 aliphatic heterocycles. The van der Waals surface area contributed by atoms with Crippen molar-refractivity contribution in [1.29, 1.82) is 0 Å². The van der Waals surface area contributed by atoms with Crippen molar-refractivity contribution in [2.75, 3.05) is 5.32 Å². The number of amides is 2. The van der Waals surface area contributed by atoms with E-state index in [0.29, 0.717) is 25.9 Å². The highest BCUT2D eigenvalue weighted by Gasteiger charge is 2.16. The van der Waals surface area contributed by atoms with Gasteiger partial charge in [-0.15, -0.1) is 34.0 Å². The van der Waals surface area contributed by atoms with Gasteiger partial charge < -0.3 is 10.2 Å². The molecule has 0 radical (unpaired) electrons. The largest absolute Gasteiger partial charge is 0.332 e. The van der Waals surface area contributed by atoms with Crippen LogP contribution in [0.3, 0.4) is 0 Å². The van der Waals surface area contributed by atoms with Gasteiger partial charge in [0.2, 0.25) is 11.8 Å². The number of hydrogen-bond acceptors (Lipinski definition) is 5. The Labute approximate surface area is 184 Å². The van der Waals surface area contributed by atoms with Crippen LogP contribution in [0.1, 0.15) is 47.2 Å². The van der Waals surface area contributed by atoms with Crippen molar-refractivity contribution in [3.63, 3.8) is 0 Å². The standard InChI is InChI=1S/C22H26N2O2S3/c1-2-3-4-9-22(26)24(15-18-8-6-13-28-18)16-19-10-11-21(29-19)23-20(25)14-17-7-5-12-27-17/h5-8,10-13H,2-4,9,14-16H2,1H3,(H,23,25).